The van der Waals surface area contributed by atoms with E-state index in [9.17, 15) is 52.7 Å². The molecule has 0 N–H and O–H groups in total. The van der Waals surface area contributed by atoms with Crippen LogP contribution in [0.3, 0.4) is 0 Å². The van der Waals surface area contributed by atoms with Crippen LogP contribution in [0.25, 0.3) is 0 Å². The molecule has 0 fully saturated rings. The maximum absolute atomic E-state index is 15.4. The van der Waals surface area contributed by atoms with E-state index in [2.05, 4.69) is 0 Å². The zero-order valence-electron chi connectivity index (χ0n) is 20.1. The van der Waals surface area contributed by atoms with E-state index in [0.717, 1.165) is 0 Å². The molecule has 0 atom stereocenters. The van der Waals surface area contributed by atoms with Crippen LogP contribution in [0, 0.1) is 116 Å². The van der Waals surface area contributed by atoms with Crippen molar-refractivity contribution in [3.63, 3.8) is 0 Å². The van der Waals surface area contributed by atoms with Gasteiger partial charge >= 0.3 is 0 Å². The van der Waals surface area contributed by atoms with E-state index >= 15 is 35.1 Å². The van der Waals surface area contributed by atoms with Gasteiger partial charge in [-0.25, -0.2) is 87.8 Å². The van der Waals surface area contributed by atoms with Gasteiger partial charge in [0.25, 0.3) is 0 Å². The summed E-state index contributed by atoms with van der Waals surface area (Å²) in [6.07, 6.45) is -7.22. The molecule has 0 saturated heterocycles. The summed E-state index contributed by atoms with van der Waals surface area (Å²) in [7, 11) is 0. The lowest BCUT2D eigenvalue weighted by atomic mass is 9.12. The first-order chi connectivity index (χ1) is 20.7. The summed E-state index contributed by atoms with van der Waals surface area (Å²) in [6, 6.07) is 0. The molecule has 0 bridgehead atoms. The first-order valence-electron chi connectivity index (χ1n) is 10.9. The Morgan fingerprint density at radius 1 is 0.178 bits per heavy atom. The Labute approximate surface area is 234 Å². The maximum atomic E-state index is 15.4. The molecule has 4 aromatic carbocycles. The summed E-state index contributed by atoms with van der Waals surface area (Å²) in [5, 5.41) is 0. The minimum Gasteiger partial charge on any atom is -0.207 e. The molecule has 0 amide bonds. The van der Waals surface area contributed by atoms with Gasteiger partial charge in [-0.3, -0.25) is 0 Å². The van der Waals surface area contributed by atoms with Crippen LogP contribution in [0.2, 0.25) is 0 Å². The van der Waals surface area contributed by atoms with Gasteiger partial charge in [0.1, 0.15) is 52.7 Å². The van der Waals surface area contributed by atoms with Gasteiger partial charge in [0.05, 0.1) is 0 Å². The molecule has 0 aliphatic rings. The Bertz CT molecular complexity index is 1580. The fourth-order valence-corrected chi connectivity index (χ4v) is 4.87. The van der Waals surface area contributed by atoms with Crippen LogP contribution in [0.1, 0.15) is 1.43 Å². The number of hydrogen-bond acceptors (Lipinski definition) is 0. The Balaban J connectivity index is 0.00000576. The van der Waals surface area contributed by atoms with Crippen LogP contribution in [-0.4, -0.2) is 6.15 Å². The minimum atomic E-state index is -7.22. The van der Waals surface area contributed by atoms with Gasteiger partial charge in [-0.15, -0.1) is 21.9 Å². The van der Waals surface area contributed by atoms with E-state index in [-0.39, 0.29) is 1.43 Å². The molecule has 242 valence electrons. The normalized spacial score (nSPS) is 12.0. The number of halogens is 20. The molecule has 0 radical (unpaired) electrons. The monoisotopic (exact) mass is 681 g/mol. The van der Waals surface area contributed by atoms with Crippen molar-refractivity contribution >= 4 is 28.0 Å². The minimum absolute atomic E-state index is 0. The molecule has 0 nitrogen and oxygen atoms in total. The molecule has 0 heterocycles. The molecule has 0 aromatic heterocycles. The van der Waals surface area contributed by atoms with Gasteiger partial charge in [0.2, 0.25) is 0 Å². The quantitative estimate of drug-likeness (QED) is 0.106. The van der Waals surface area contributed by atoms with E-state index in [4.69, 9.17) is 0 Å². The lowest BCUT2D eigenvalue weighted by Crippen LogP contribution is -2.81. The molecule has 0 aliphatic carbocycles. The second kappa shape index (κ2) is 10.9. The summed E-state index contributed by atoms with van der Waals surface area (Å²) in [5.41, 5.74) is -14.3. The number of hydrogen-bond donors (Lipinski definition) is 0. The molecule has 0 saturated carbocycles. The summed E-state index contributed by atoms with van der Waals surface area (Å²) in [6.45, 7) is 0. The fraction of sp³-hybridized carbons (Fsp3) is 0. The highest BCUT2D eigenvalue weighted by molar-refractivity contribution is 7.20. The third-order valence-corrected chi connectivity index (χ3v) is 6.71. The third-order valence-electron chi connectivity index (χ3n) is 6.71. The predicted molar refractivity (Wildman–Crippen MR) is 111 cm³/mol. The third kappa shape index (κ3) is 4.18. The lowest BCUT2D eigenvalue weighted by molar-refractivity contribution is 0.378. The van der Waals surface area contributed by atoms with E-state index in [1.807, 2.05) is 0 Å². The Hall–Kier alpha value is -4.46. The topological polar surface area (TPSA) is 0 Å². The van der Waals surface area contributed by atoms with E-state index in [1.54, 1.807) is 0 Å². The van der Waals surface area contributed by atoms with Gasteiger partial charge < -0.3 is 0 Å². The predicted octanol–water partition coefficient (Wildman–Crippen LogP) is 6.09. The standard InChI is InChI=1S/C24BF20.H2/c26-5-1(6(27)14(35)21(42)13(5)34)25(2-7(28)15(36)22(43)16(37)8(2)29,3-9(30)17(38)23(44)18(39)10(3)31)4-11(32)19(40)24(45)20(41)12(4)33;/h;1H/q-1;. The van der Waals surface area contributed by atoms with Crippen molar-refractivity contribution < 1.29 is 89.2 Å². The average Bonchev–Trinajstić information content (AvgIpc) is 3.00. The first kappa shape index (κ1) is 33.4. The van der Waals surface area contributed by atoms with Gasteiger partial charge in [-0.05, 0) is 0 Å². The number of benzene rings is 4. The zero-order chi connectivity index (χ0) is 34.4. The van der Waals surface area contributed by atoms with E-state index in [1.165, 1.54) is 0 Å². The second-order valence-electron chi connectivity index (χ2n) is 8.80. The SMILES string of the molecule is Fc1c(F)c(F)c([B-](c2c(F)c(F)c(F)c(F)c2F)(c2c(F)c(F)c(F)c(F)c2F)c2c(F)c(F)c(F)c(F)c2F)c(F)c1F.[HH]. The maximum Gasteiger partial charge on any atom is 0.200 e. The lowest BCUT2D eigenvalue weighted by Gasteiger charge is -2.44. The molecule has 4 rings (SSSR count). The molecular weight excluding hydrogens is 679 g/mol. The molecule has 4 aromatic rings. The summed E-state index contributed by atoms with van der Waals surface area (Å²) >= 11 is 0. The van der Waals surface area contributed by atoms with Crippen molar-refractivity contribution in [3.8, 4) is 0 Å². The molecule has 0 aliphatic heterocycles. The van der Waals surface area contributed by atoms with Gasteiger partial charge in [-0.1, -0.05) is 0 Å². The smallest absolute Gasteiger partial charge is 0.200 e. The van der Waals surface area contributed by atoms with Gasteiger partial charge in [-0.2, -0.15) is 0 Å². The van der Waals surface area contributed by atoms with Crippen LogP contribution in [0.5, 0.6) is 0 Å². The van der Waals surface area contributed by atoms with Gasteiger partial charge in [0.15, 0.2) is 69.8 Å². The van der Waals surface area contributed by atoms with Crippen LogP contribution >= 0.6 is 0 Å². The highest BCUT2D eigenvalue weighted by Crippen LogP contribution is 2.30. The summed E-state index contributed by atoms with van der Waals surface area (Å²) in [5.74, 6) is -71.4. The van der Waals surface area contributed by atoms with Crippen molar-refractivity contribution in [1.29, 1.82) is 0 Å². The summed E-state index contributed by atoms with van der Waals surface area (Å²) in [4.78, 5) is 0. The Morgan fingerprint density at radius 2 is 0.267 bits per heavy atom. The van der Waals surface area contributed by atoms with E-state index < -0.39 is 144 Å². The highest BCUT2D eigenvalue weighted by atomic mass is 19.2. The van der Waals surface area contributed by atoms with Crippen molar-refractivity contribution in [2.45, 2.75) is 0 Å². The summed E-state index contributed by atoms with van der Waals surface area (Å²) < 4.78 is 294. The number of rotatable bonds is 4. The van der Waals surface area contributed by atoms with Crippen LogP contribution in [0.15, 0.2) is 0 Å². The average molecular weight is 681 g/mol. The van der Waals surface area contributed by atoms with Crippen LogP contribution in [-0.2, 0) is 0 Å². The Kier molecular flexibility index (Phi) is 8.07. The second-order valence-corrected chi connectivity index (χ2v) is 8.80. The highest BCUT2D eigenvalue weighted by Gasteiger charge is 2.52. The largest absolute Gasteiger partial charge is 0.207 e. The van der Waals surface area contributed by atoms with Crippen molar-refractivity contribution in [1.82, 2.24) is 0 Å². The fourth-order valence-electron chi connectivity index (χ4n) is 4.87. The van der Waals surface area contributed by atoms with Crippen molar-refractivity contribution in [3.05, 3.63) is 116 Å². The molecule has 21 heteroatoms. The van der Waals surface area contributed by atoms with Crippen molar-refractivity contribution in [2.75, 3.05) is 0 Å². The van der Waals surface area contributed by atoms with Crippen molar-refractivity contribution in [2.24, 2.45) is 0 Å². The Morgan fingerprint density at radius 3 is 0.378 bits per heavy atom. The van der Waals surface area contributed by atoms with Crippen LogP contribution in [0.4, 0.5) is 87.8 Å². The molecule has 0 spiro atoms. The molecule has 45 heavy (non-hydrogen) atoms. The first-order valence-corrected chi connectivity index (χ1v) is 10.9. The van der Waals surface area contributed by atoms with Crippen LogP contribution < -0.4 is 21.9 Å². The van der Waals surface area contributed by atoms with E-state index in [0.29, 0.717) is 0 Å². The zero-order valence-corrected chi connectivity index (χ0v) is 20.1. The molecular formula is C24H2BF20-. The van der Waals surface area contributed by atoms with Gasteiger partial charge in [0, 0.05) is 1.43 Å². The molecule has 0 unspecified atom stereocenters.